The Kier molecular flexibility index (Phi) is 5.40. The quantitative estimate of drug-likeness (QED) is 0.846. The summed E-state index contributed by atoms with van der Waals surface area (Å²) in [6, 6.07) is 11.1. The molecule has 23 heavy (non-hydrogen) atoms. The molecule has 2 rings (SSSR count). The van der Waals surface area contributed by atoms with Gasteiger partial charge in [-0.05, 0) is 43.5 Å². The topological polar surface area (TPSA) is 58.2 Å². The van der Waals surface area contributed by atoms with Crippen LogP contribution < -0.4 is 10.6 Å². The first kappa shape index (κ1) is 17.0. The van der Waals surface area contributed by atoms with Crippen LogP contribution in [0.5, 0.6) is 0 Å². The fourth-order valence-electron chi connectivity index (χ4n) is 2.45. The fraction of sp³-hybridized carbons (Fsp3) is 0.222. The molecule has 5 heteroatoms. The largest absolute Gasteiger partial charge is 0.344 e. The second kappa shape index (κ2) is 7.29. The Bertz CT molecular complexity index is 733. The molecule has 0 saturated carbocycles. The Morgan fingerprint density at radius 2 is 1.61 bits per heavy atom. The van der Waals surface area contributed by atoms with Gasteiger partial charge < -0.3 is 10.6 Å². The van der Waals surface area contributed by atoms with E-state index in [1.807, 2.05) is 45.0 Å². The molecule has 2 aromatic carbocycles. The van der Waals surface area contributed by atoms with Gasteiger partial charge in [-0.25, -0.2) is 0 Å². The van der Waals surface area contributed by atoms with E-state index in [1.165, 1.54) is 0 Å². The Morgan fingerprint density at radius 3 is 2.22 bits per heavy atom. The normalized spacial score (nSPS) is 10.3. The van der Waals surface area contributed by atoms with Gasteiger partial charge in [-0.3, -0.25) is 9.59 Å². The summed E-state index contributed by atoms with van der Waals surface area (Å²) < 4.78 is 0. The third-order valence-electron chi connectivity index (χ3n) is 3.52. The first-order chi connectivity index (χ1) is 10.9. The predicted octanol–water partition coefficient (Wildman–Crippen LogP) is 3.52. The average molecular weight is 331 g/mol. The molecular weight excluding hydrogens is 312 g/mol. The number of hydrogen-bond donors (Lipinski definition) is 2. The highest BCUT2D eigenvalue weighted by Crippen LogP contribution is 2.21. The maximum atomic E-state index is 12.1. The van der Waals surface area contributed by atoms with Gasteiger partial charge >= 0.3 is 11.8 Å². The van der Waals surface area contributed by atoms with E-state index in [9.17, 15) is 9.59 Å². The molecule has 2 aromatic rings. The molecule has 0 aliphatic heterocycles. The van der Waals surface area contributed by atoms with Crippen molar-refractivity contribution in [2.24, 2.45) is 0 Å². The third kappa shape index (κ3) is 4.33. The van der Waals surface area contributed by atoms with Gasteiger partial charge in [0.25, 0.3) is 0 Å². The fourth-order valence-corrected chi connectivity index (χ4v) is 2.65. The standard InChI is InChI=1S/C18H19ClN2O2/c1-11-8-12(2)16(13(3)9-11)21-18(23)17(22)20-10-14-6-4-5-7-15(14)19/h4-9H,10H2,1-3H3,(H,20,22)(H,21,23). The maximum Gasteiger partial charge on any atom is 0.313 e. The van der Waals surface area contributed by atoms with Gasteiger partial charge in [0.1, 0.15) is 0 Å². The summed E-state index contributed by atoms with van der Waals surface area (Å²) in [4.78, 5) is 24.0. The molecule has 4 nitrogen and oxygen atoms in total. The molecular formula is C18H19ClN2O2. The number of aryl methyl sites for hydroxylation is 3. The van der Waals surface area contributed by atoms with Crippen molar-refractivity contribution in [3.8, 4) is 0 Å². The number of halogens is 1. The summed E-state index contributed by atoms with van der Waals surface area (Å²) >= 11 is 6.02. The van der Waals surface area contributed by atoms with Crippen LogP contribution in [0.4, 0.5) is 5.69 Å². The zero-order valence-corrected chi connectivity index (χ0v) is 14.1. The van der Waals surface area contributed by atoms with Gasteiger partial charge in [-0.15, -0.1) is 0 Å². The third-order valence-corrected chi connectivity index (χ3v) is 3.89. The lowest BCUT2D eigenvalue weighted by Crippen LogP contribution is -2.35. The second-order valence-corrected chi connectivity index (χ2v) is 5.91. The Labute approximate surface area is 140 Å². The number of benzene rings is 2. The van der Waals surface area contributed by atoms with Gasteiger partial charge in [-0.1, -0.05) is 47.5 Å². The van der Waals surface area contributed by atoms with Crippen molar-refractivity contribution >= 4 is 29.1 Å². The minimum atomic E-state index is -0.690. The van der Waals surface area contributed by atoms with E-state index in [1.54, 1.807) is 12.1 Å². The van der Waals surface area contributed by atoms with Gasteiger partial charge in [-0.2, -0.15) is 0 Å². The number of carbonyl (C=O) groups excluding carboxylic acids is 2. The summed E-state index contributed by atoms with van der Waals surface area (Å²) in [6.07, 6.45) is 0. The van der Waals surface area contributed by atoms with Crippen LogP contribution in [0.2, 0.25) is 5.02 Å². The van der Waals surface area contributed by atoms with E-state index in [0.717, 1.165) is 22.3 Å². The van der Waals surface area contributed by atoms with Crippen LogP contribution in [0.1, 0.15) is 22.3 Å². The Hall–Kier alpha value is -2.33. The minimum absolute atomic E-state index is 0.206. The van der Waals surface area contributed by atoms with Crippen molar-refractivity contribution < 1.29 is 9.59 Å². The summed E-state index contributed by atoms with van der Waals surface area (Å²) in [5, 5.41) is 5.80. The zero-order chi connectivity index (χ0) is 17.0. The van der Waals surface area contributed by atoms with Gasteiger partial charge in [0.05, 0.1) is 0 Å². The van der Waals surface area contributed by atoms with E-state index in [-0.39, 0.29) is 6.54 Å². The lowest BCUT2D eigenvalue weighted by molar-refractivity contribution is -0.136. The van der Waals surface area contributed by atoms with E-state index in [2.05, 4.69) is 10.6 Å². The lowest BCUT2D eigenvalue weighted by Gasteiger charge is -2.13. The molecule has 0 aliphatic rings. The van der Waals surface area contributed by atoms with Crippen molar-refractivity contribution in [1.82, 2.24) is 5.32 Å². The molecule has 120 valence electrons. The molecule has 0 unspecified atom stereocenters. The first-order valence-electron chi connectivity index (χ1n) is 7.29. The summed E-state index contributed by atoms with van der Waals surface area (Å²) in [6.45, 7) is 5.99. The van der Waals surface area contributed by atoms with Crippen LogP contribution in [0.25, 0.3) is 0 Å². The number of amides is 2. The molecule has 0 radical (unpaired) electrons. The van der Waals surface area contributed by atoms with E-state index in [4.69, 9.17) is 11.6 Å². The highest BCUT2D eigenvalue weighted by molar-refractivity contribution is 6.39. The molecule has 0 aliphatic carbocycles. The SMILES string of the molecule is Cc1cc(C)c(NC(=O)C(=O)NCc2ccccc2Cl)c(C)c1. The molecule has 0 aromatic heterocycles. The molecule has 0 heterocycles. The number of rotatable bonds is 3. The predicted molar refractivity (Wildman–Crippen MR) is 92.6 cm³/mol. The molecule has 0 fully saturated rings. The van der Waals surface area contributed by atoms with Crippen molar-refractivity contribution in [2.45, 2.75) is 27.3 Å². The molecule has 0 saturated heterocycles. The zero-order valence-electron chi connectivity index (χ0n) is 13.4. The first-order valence-corrected chi connectivity index (χ1v) is 7.66. The smallest absolute Gasteiger partial charge is 0.313 e. The molecule has 0 spiro atoms. The van der Waals surface area contributed by atoms with Crippen LogP contribution in [-0.4, -0.2) is 11.8 Å². The van der Waals surface area contributed by atoms with Crippen molar-refractivity contribution in [1.29, 1.82) is 0 Å². The van der Waals surface area contributed by atoms with Gasteiger partial charge in [0, 0.05) is 17.3 Å². The second-order valence-electron chi connectivity index (χ2n) is 5.50. The summed E-state index contributed by atoms with van der Waals surface area (Å²) in [5.74, 6) is -1.38. The minimum Gasteiger partial charge on any atom is -0.344 e. The number of anilines is 1. The van der Waals surface area contributed by atoms with Crippen LogP contribution >= 0.6 is 11.6 Å². The average Bonchev–Trinajstić information content (AvgIpc) is 2.49. The van der Waals surface area contributed by atoms with Crippen LogP contribution in [0, 0.1) is 20.8 Å². The number of nitrogens with one attached hydrogen (secondary N) is 2. The molecule has 2 amide bonds. The maximum absolute atomic E-state index is 12.1. The van der Waals surface area contributed by atoms with Crippen molar-refractivity contribution in [2.75, 3.05) is 5.32 Å². The van der Waals surface area contributed by atoms with Crippen LogP contribution in [0.3, 0.4) is 0 Å². The van der Waals surface area contributed by atoms with E-state index < -0.39 is 11.8 Å². The Balaban J connectivity index is 2.01. The van der Waals surface area contributed by atoms with Gasteiger partial charge in [0.15, 0.2) is 0 Å². The van der Waals surface area contributed by atoms with E-state index in [0.29, 0.717) is 10.7 Å². The highest BCUT2D eigenvalue weighted by atomic mass is 35.5. The monoisotopic (exact) mass is 330 g/mol. The van der Waals surface area contributed by atoms with Crippen LogP contribution in [0.15, 0.2) is 36.4 Å². The van der Waals surface area contributed by atoms with Crippen LogP contribution in [-0.2, 0) is 16.1 Å². The van der Waals surface area contributed by atoms with Crippen molar-refractivity contribution in [3.05, 3.63) is 63.7 Å². The van der Waals surface area contributed by atoms with Gasteiger partial charge in [0.2, 0.25) is 0 Å². The Morgan fingerprint density at radius 1 is 1.00 bits per heavy atom. The van der Waals surface area contributed by atoms with E-state index >= 15 is 0 Å². The summed E-state index contributed by atoms with van der Waals surface area (Å²) in [5.41, 5.74) is 4.40. The van der Waals surface area contributed by atoms with Crippen molar-refractivity contribution in [3.63, 3.8) is 0 Å². The molecule has 0 bridgehead atoms. The molecule has 0 atom stereocenters. The molecule has 2 N–H and O–H groups in total. The number of hydrogen-bond acceptors (Lipinski definition) is 2. The highest BCUT2D eigenvalue weighted by Gasteiger charge is 2.16. The lowest BCUT2D eigenvalue weighted by atomic mass is 10.1. The summed E-state index contributed by atoms with van der Waals surface area (Å²) in [7, 11) is 0. The number of carbonyl (C=O) groups is 2.